The zero-order valence-corrected chi connectivity index (χ0v) is 18.5. The number of benzene rings is 2. The average molecular weight is 466 g/mol. The molecule has 0 aliphatic carbocycles. The molecular formula is C23H19FN4O4S. The molecule has 4 aromatic rings. The molecular weight excluding hydrogens is 447 g/mol. The van der Waals surface area contributed by atoms with Crippen LogP contribution in [0.2, 0.25) is 0 Å². The van der Waals surface area contributed by atoms with E-state index in [4.69, 9.17) is 4.74 Å². The molecule has 0 spiro atoms. The molecule has 0 unspecified atom stereocenters. The van der Waals surface area contributed by atoms with Crippen molar-refractivity contribution < 1.29 is 18.7 Å². The molecule has 33 heavy (non-hydrogen) atoms. The van der Waals surface area contributed by atoms with Gasteiger partial charge in [0.2, 0.25) is 0 Å². The Morgan fingerprint density at radius 3 is 2.27 bits per heavy atom. The van der Waals surface area contributed by atoms with E-state index in [2.05, 4.69) is 15.6 Å². The lowest BCUT2D eigenvalue weighted by Crippen LogP contribution is -2.25. The van der Waals surface area contributed by atoms with E-state index in [1.165, 1.54) is 30.3 Å². The molecule has 4 rings (SSSR count). The summed E-state index contributed by atoms with van der Waals surface area (Å²) in [5.41, 5.74) is 0.645. The summed E-state index contributed by atoms with van der Waals surface area (Å²) in [7, 11) is 0. The Kier molecular flexibility index (Phi) is 6.18. The number of amides is 2. The number of carbonyl (C=O) groups is 2. The van der Waals surface area contributed by atoms with E-state index in [0.717, 1.165) is 15.7 Å². The summed E-state index contributed by atoms with van der Waals surface area (Å²) in [5.74, 6) is -1.07. The van der Waals surface area contributed by atoms with Gasteiger partial charge in [-0.05, 0) is 62.4 Å². The molecule has 0 bridgehead atoms. The molecule has 2 N–H and O–H groups in total. The topological polar surface area (TPSA) is 102 Å². The van der Waals surface area contributed by atoms with Gasteiger partial charge in [-0.2, -0.15) is 0 Å². The van der Waals surface area contributed by atoms with Crippen LogP contribution in [-0.2, 0) is 0 Å². The highest BCUT2D eigenvalue weighted by Gasteiger charge is 2.26. The van der Waals surface area contributed by atoms with E-state index in [9.17, 15) is 18.8 Å². The number of thiazole rings is 1. The second-order valence-corrected chi connectivity index (χ2v) is 7.98. The standard InChI is InChI=1S/C23H19FN4O4S/c1-3-32-17-10-8-16(9-11-17)26-21(30)19-20(22(31)27-15-6-4-14(24)5-7-15)33-23-25-13(2)12-18(29)28(19)23/h4-12H,3H2,1-2H3,(H,26,30)(H,27,31). The minimum absolute atomic E-state index is 0.00189. The Morgan fingerprint density at radius 1 is 1.03 bits per heavy atom. The van der Waals surface area contributed by atoms with Crippen LogP contribution in [0.4, 0.5) is 15.8 Å². The molecule has 0 atom stereocenters. The molecule has 2 amide bonds. The van der Waals surface area contributed by atoms with Crippen molar-refractivity contribution in [3.63, 3.8) is 0 Å². The van der Waals surface area contributed by atoms with Gasteiger partial charge in [-0.15, -0.1) is 0 Å². The molecule has 2 heterocycles. The van der Waals surface area contributed by atoms with Gasteiger partial charge in [-0.25, -0.2) is 13.8 Å². The summed E-state index contributed by atoms with van der Waals surface area (Å²) < 4.78 is 19.7. The lowest BCUT2D eigenvalue weighted by atomic mass is 10.2. The molecule has 0 radical (unpaired) electrons. The van der Waals surface area contributed by atoms with Gasteiger partial charge in [0.25, 0.3) is 17.4 Å². The van der Waals surface area contributed by atoms with E-state index in [0.29, 0.717) is 29.4 Å². The minimum Gasteiger partial charge on any atom is -0.494 e. The zero-order chi connectivity index (χ0) is 23.5. The lowest BCUT2D eigenvalue weighted by molar-refractivity contribution is 0.0989. The second kappa shape index (κ2) is 9.21. The van der Waals surface area contributed by atoms with Crippen LogP contribution in [0.5, 0.6) is 5.75 Å². The summed E-state index contributed by atoms with van der Waals surface area (Å²) in [5, 5.41) is 5.34. The van der Waals surface area contributed by atoms with Crippen LogP contribution in [0.15, 0.2) is 59.4 Å². The average Bonchev–Trinajstić information content (AvgIpc) is 3.17. The van der Waals surface area contributed by atoms with Crippen molar-refractivity contribution in [2.45, 2.75) is 13.8 Å². The number of fused-ring (bicyclic) bond motifs is 1. The second-order valence-electron chi connectivity index (χ2n) is 7.01. The van der Waals surface area contributed by atoms with Crippen LogP contribution in [0.1, 0.15) is 32.8 Å². The van der Waals surface area contributed by atoms with Crippen molar-refractivity contribution in [1.29, 1.82) is 0 Å². The fourth-order valence-corrected chi connectivity index (χ4v) is 4.23. The number of nitrogens with one attached hydrogen (secondary N) is 2. The third kappa shape index (κ3) is 4.75. The highest BCUT2D eigenvalue weighted by Crippen LogP contribution is 2.24. The number of hydrogen-bond acceptors (Lipinski definition) is 6. The first-order valence-corrected chi connectivity index (χ1v) is 10.8. The van der Waals surface area contributed by atoms with Gasteiger partial charge in [0.1, 0.15) is 22.1 Å². The van der Waals surface area contributed by atoms with Crippen molar-refractivity contribution in [2.75, 3.05) is 17.2 Å². The normalized spacial score (nSPS) is 10.8. The Bertz CT molecular complexity index is 1400. The number of ether oxygens (including phenoxy) is 1. The number of aryl methyl sites for hydroxylation is 1. The van der Waals surface area contributed by atoms with Gasteiger partial charge in [0, 0.05) is 23.1 Å². The number of halogens is 1. The van der Waals surface area contributed by atoms with Crippen molar-refractivity contribution in [1.82, 2.24) is 9.38 Å². The molecule has 0 saturated heterocycles. The van der Waals surface area contributed by atoms with E-state index < -0.39 is 23.2 Å². The van der Waals surface area contributed by atoms with Crippen LogP contribution in [-0.4, -0.2) is 27.8 Å². The number of rotatable bonds is 6. The summed E-state index contributed by atoms with van der Waals surface area (Å²) in [4.78, 5) is 43.4. The van der Waals surface area contributed by atoms with Crippen molar-refractivity contribution in [2.24, 2.45) is 0 Å². The van der Waals surface area contributed by atoms with E-state index in [1.807, 2.05) is 6.92 Å². The number of carbonyl (C=O) groups excluding carboxylic acids is 2. The zero-order valence-electron chi connectivity index (χ0n) is 17.7. The van der Waals surface area contributed by atoms with Crippen LogP contribution in [0.3, 0.4) is 0 Å². The van der Waals surface area contributed by atoms with Gasteiger partial charge in [0.15, 0.2) is 4.96 Å². The molecule has 0 aliphatic heterocycles. The molecule has 0 aliphatic rings. The summed E-state index contributed by atoms with van der Waals surface area (Å²) >= 11 is 0.916. The van der Waals surface area contributed by atoms with Crippen LogP contribution < -0.4 is 20.9 Å². The van der Waals surface area contributed by atoms with Gasteiger partial charge in [-0.3, -0.25) is 14.4 Å². The Balaban J connectivity index is 1.73. The summed E-state index contributed by atoms with van der Waals surface area (Å²) in [6.07, 6.45) is 0. The highest BCUT2D eigenvalue weighted by atomic mass is 32.1. The number of hydrogen-bond donors (Lipinski definition) is 2. The first-order chi connectivity index (χ1) is 15.9. The van der Waals surface area contributed by atoms with Gasteiger partial charge in [0.05, 0.1) is 6.61 Å². The predicted molar refractivity (Wildman–Crippen MR) is 124 cm³/mol. The molecule has 0 fully saturated rings. The van der Waals surface area contributed by atoms with Gasteiger partial charge in [-0.1, -0.05) is 11.3 Å². The maximum Gasteiger partial charge on any atom is 0.274 e. The largest absolute Gasteiger partial charge is 0.494 e. The van der Waals surface area contributed by atoms with Gasteiger partial charge >= 0.3 is 0 Å². The molecule has 0 saturated carbocycles. The fourth-order valence-electron chi connectivity index (χ4n) is 3.16. The van der Waals surface area contributed by atoms with Crippen LogP contribution in [0, 0.1) is 12.7 Å². The van der Waals surface area contributed by atoms with E-state index in [1.54, 1.807) is 31.2 Å². The van der Waals surface area contributed by atoms with E-state index >= 15 is 0 Å². The van der Waals surface area contributed by atoms with Crippen LogP contribution >= 0.6 is 11.3 Å². The number of anilines is 2. The van der Waals surface area contributed by atoms with Gasteiger partial charge < -0.3 is 15.4 Å². The van der Waals surface area contributed by atoms with Crippen molar-refractivity contribution in [3.8, 4) is 5.75 Å². The third-order valence-electron chi connectivity index (χ3n) is 4.59. The molecule has 168 valence electrons. The first-order valence-electron chi connectivity index (χ1n) is 10.00. The number of aromatic nitrogens is 2. The SMILES string of the molecule is CCOc1ccc(NC(=O)c2c(C(=O)Nc3ccc(F)cc3)sc3nc(C)cc(=O)n23)cc1. The fraction of sp³-hybridized carbons (Fsp3) is 0.130. The minimum atomic E-state index is -0.651. The Labute approximate surface area is 191 Å². The first kappa shape index (κ1) is 22.2. The molecule has 8 nitrogen and oxygen atoms in total. The van der Waals surface area contributed by atoms with E-state index in [-0.39, 0.29) is 15.5 Å². The maximum atomic E-state index is 13.2. The molecule has 2 aromatic heterocycles. The molecule has 10 heteroatoms. The summed E-state index contributed by atoms with van der Waals surface area (Å²) in [6, 6.07) is 13.2. The predicted octanol–water partition coefficient (Wildman–Crippen LogP) is 4.11. The third-order valence-corrected chi connectivity index (χ3v) is 5.63. The molecule has 2 aromatic carbocycles. The Morgan fingerprint density at radius 2 is 1.64 bits per heavy atom. The maximum absolute atomic E-state index is 13.2. The summed E-state index contributed by atoms with van der Waals surface area (Å²) in [6.45, 7) is 4.02. The Hall–Kier alpha value is -4.05. The highest BCUT2D eigenvalue weighted by molar-refractivity contribution is 7.19. The lowest BCUT2D eigenvalue weighted by Gasteiger charge is -2.09. The smallest absolute Gasteiger partial charge is 0.274 e. The van der Waals surface area contributed by atoms with Crippen LogP contribution in [0.25, 0.3) is 4.96 Å². The quantitative estimate of drug-likeness (QED) is 0.445. The van der Waals surface area contributed by atoms with Crippen molar-refractivity contribution in [3.05, 3.63) is 87.0 Å². The van der Waals surface area contributed by atoms with Crippen molar-refractivity contribution >= 4 is 39.5 Å². The monoisotopic (exact) mass is 466 g/mol. The number of nitrogens with zero attached hydrogens (tertiary/aromatic N) is 2.